The minimum absolute atomic E-state index is 0.00246. The van der Waals surface area contributed by atoms with Crippen molar-refractivity contribution in [1.82, 2.24) is 4.90 Å². The summed E-state index contributed by atoms with van der Waals surface area (Å²) in [6.07, 6.45) is 4.08. The molecule has 7 N–H and O–H groups in total. The highest BCUT2D eigenvalue weighted by Crippen LogP contribution is 2.20. The molecule has 1 aliphatic rings. The fourth-order valence-corrected chi connectivity index (χ4v) is 2.56. The van der Waals surface area contributed by atoms with Crippen molar-refractivity contribution in [3.8, 4) is 0 Å². The van der Waals surface area contributed by atoms with Crippen molar-refractivity contribution >= 4 is 11.9 Å². The lowest BCUT2D eigenvalue weighted by atomic mass is 9.94. The molecule has 0 spiro atoms. The molecule has 0 aromatic heterocycles. The number of guanidine groups is 1. The molecule has 0 aromatic carbocycles. The number of amides is 1. The Kier molecular flexibility index (Phi) is 7.32. The van der Waals surface area contributed by atoms with E-state index in [0.29, 0.717) is 31.8 Å². The molecule has 7 heteroatoms. The molecular formula is C13H27N5O2. The third-order valence-electron chi connectivity index (χ3n) is 3.65. The molecule has 20 heavy (non-hydrogen) atoms. The van der Waals surface area contributed by atoms with E-state index in [2.05, 4.69) is 4.99 Å². The van der Waals surface area contributed by atoms with E-state index < -0.39 is 6.04 Å². The van der Waals surface area contributed by atoms with Crippen molar-refractivity contribution in [3.05, 3.63) is 0 Å². The summed E-state index contributed by atoms with van der Waals surface area (Å²) >= 11 is 0. The Hall–Kier alpha value is -1.34. The number of aliphatic hydroxyl groups excluding tert-OH is 1. The van der Waals surface area contributed by atoms with Gasteiger partial charge in [-0.1, -0.05) is 0 Å². The fourth-order valence-electron chi connectivity index (χ4n) is 2.56. The first-order valence-electron chi connectivity index (χ1n) is 7.25. The van der Waals surface area contributed by atoms with Crippen molar-refractivity contribution < 1.29 is 9.90 Å². The number of hydrogen-bond donors (Lipinski definition) is 4. The molecule has 0 aliphatic carbocycles. The van der Waals surface area contributed by atoms with Gasteiger partial charge in [0, 0.05) is 26.2 Å². The lowest BCUT2D eigenvalue weighted by Gasteiger charge is -2.34. The van der Waals surface area contributed by atoms with Gasteiger partial charge in [0.1, 0.15) is 0 Å². The van der Waals surface area contributed by atoms with E-state index >= 15 is 0 Å². The van der Waals surface area contributed by atoms with Crippen molar-refractivity contribution in [3.63, 3.8) is 0 Å². The van der Waals surface area contributed by atoms with Gasteiger partial charge in [-0.25, -0.2) is 0 Å². The average molecular weight is 285 g/mol. The molecule has 0 unspecified atom stereocenters. The average Bonchev–Trinajstić information content (AvgIpc) is 2.43. The Balaban J connectivity index is 2.34. The summed E-state index contributed by atoms with van der Waals surface area (Å²) in [5.74, 6) is 0.455. The maximum atomic E-state index is 12.2. The first-order valence-corrected chi connectivity index (χ1v) is 7.25. The van der Waals surface area contributed by atoms with E-state index in [1.54, 1.807) is 0 Å². The number of nitrogens with zero attached hydrogens (tertiary/aromatic N) is 2. The maximum Gasteiger partial charge on any atom is 0.239 e. The number of aliphatic imine (C=N–C) groups is 1. The molecule has 1 aliphatic heterocycles. The quantitative estimate of drug-likeness (QED) is 0.270. The second-order valence-corrected chi connectivity index (χ2v) is 5.36. The first-order chi connectivity index (χ1) is 9.54. The predicted octanol–water partition coefficient (Wildman–Crippen LogP) is -1.01. The Morgan fingerprint density at radius 3 is 2.85 bits per heavy atom. The summed E-state index contributed by atoms with van der Waals surface area (Å²) in [6, 6.07) is -0.489. The van der Waals surface area contributed by atoms with Crippen LogP contribution in [0.5, 0.6) is 0 Å². The number of rotatable bonds is 7. The highest BCUT2D eigenvalue weighted by atomic mass is 16.3. The van der Waals surface area contributed by atoms with Gasteiger partial charge in [-0.3, -0.25) is 9.79 Å². The molecule has 1 amide bonds. The summed E-state index contributed by atoms with van der Waals surface area (Å²) in [4.78, 5) is 17.9. The van der Waals surface area contributed by atoms with Crippen molar-refractivity contribution in [2.45, 2.75) is 38.1 Å². The van der Waals surface area contributed by atoms with Crippen LogP contribution in [0.25, 0.3) is 0 Å². The van der Waals surface area contributed by atoms with Crippen LogP contribution in [0.2, 0.25) is 0 Å². The molecule has 0 radical (unpaired) electrons. The minimum atomic E-state index is -0.489. The highest BCUT2D eigenvalue weighted by molar-refractivity contribution is 5.81. The number of piperidine rings is 1. The van der Waals surface area contributed by atoms with Gasteiger partial charge in [0.15, 0.2) is 5.96 Å². The summed E-state index contributed by atoms with van der Waals surface area (Å²) in [7, 11) is 0. The third kappa shape index (κ3) is 5.75. The molecule has 1 fully saturated rings. The monoisotopic (exact) mass is 285 g/mol. The van der Waals surface area contributed by atoms with Gasteiger partial charge in [-0.05, 0) is 38.0 Å². The third-order valence-corrected chi connectivity index (χ3v) is 3.65. The van der Waals surface area contributed by atoms with Crippen molar-refractivity contribution in [1.29, 1.82) is 0 Å². The van der Waals surface area contributed by atoms with Gasteiger partial charge < -0.3 is 27.2 Å². The number of nitrogens with two attached hydrogens (primary N) is 3. The topological polar surface area (TPSA) is 131 Å². The summed E-state index contributed by atoms with van der Waals surface area (Å²) in [5.41, 5.74) is 16.4. The molecule has 1 rings (SSSR count). The summed E-state index contributed by atoms with van der Waals surface area (Å²) < 4.78 is 0. The molecule has 1 heterocycles. The normalized spacial score (nSPS) is 20.5. The Morgan fingerprint density at radius 2 is 2.20 bits per heavy atom. The SMILES string of the molecule is NC(N)=NCCC[C@H](N)C(=O)N1CCC[C@H](CCO)C1. The van der Waals surface area contributed by atoms with E-state index in [4.69, 9.17) is 22.3 Å². The van der Waals surface area contributed by atoms with Crippen LogP contribution in [-0.2, 0) is 4.79 Å². The summed E-state index contributed by atoms with van der Waals surface area (Å²) in [5, 5.41) is 8.98. The van der Waals surface area contributed by atoms with Gasteiger partial charge in [0.2, 0.25) is 5.91 Å². The van der Waals surface area contributed by atoms with E-state index in [-0.39, 0.29) is 18.5 Å². The van der Waals surface area contributed by atoms with Crippen LogP contribution in [0.15, 0.2) is 4.99 Å². The van der Waals surface area contributed by atoms with E-state index in [1.807, 2.05) is 4.90 Å². The molecule has 0 aromatic rings. The number of carbonyl (C=O) groups excluding carboxylic acids is 1. The van der Waals surface area contributed by atoms with Crippen LogP contribution < -0.4 is 17.2 Å². The van der Waals surface area contributed by atoms with Gasteiger partial charge >= 0.3 is 0 Å². The molecular weight excluding hydrogens is 258 g/mol. The van der Waals surface area contributed by atoms with Crippen LogP contribution in [0.3, 0.4) is 0 Å². The van der Waals surface area contributed by atoms with Crippen LogP contribution in [0.4, 0.5) is 0 Å². The lowest BCUT2D eigenvalue weighted by molar-refractivity contribution is -0.134. The number of hydrogen-bond acceptors (Lipinski definition) is 4. The minimum Gasteiger partial charge on any atom is -0.396 e. The van der Waals surface area contributed by atoms with Crippen molar-refractivity contribution in [2.75, 3.05) is 26.2 Å². The fraction of sp³-hybridized carbons (Fsp3) is 0.846. The highest BCUT2D eigenvalue weighted by Gasteiger charge is 2.26. The second-order valence-electron chi connectivity index (χ2n) is 5.36. The Bertz CT molecular complexity index is 329. The Labute approximate surface area is 120 Å². The Morgan fingerprint density at radius 1 is 1.45 bits per heavy atom. The van der Waals surface area contributed by atoms with E-state index in [9.17, 15) is 4.79 Å². The van der Waals surface area contributed by atoms with Crippen LogP contribution >= 0.6 is 0 Å². The van der Waals surface area contributed by atoms with Gasteiger partial charge in [-0.2, -0.15) is 0 Å². The van der Waals surface area contributed by atoms with Gasteiger partial charge in [-0.15, -0.1) is 0 Å². The molecule has 116 valence electrons. The molecule has 2 atom stereocenters. The lowest BCUT2D eigenvalue weighted by Crippen LogP contribution is -2.48. The number of aliphatic hydroxyl groups is 1. The zero-order valence-corrected chi connectivity index (χ0v) is 12.0. The largest absolute Gasteiger partial charge is 0.396 e. The number of likely N-dealkylation sites (tertiary alicyclic amines) is 1. The molecule has 7 nitrogen and oxygen atoms in total. The molecule has 1 saturated heterocycles. The predicted molar refractivity (Wildman–Crippen MR) is 78.9 cm³/mol. The second kappa shape index (κ2) is 8.76. The van der Waals surface area contributed by atoms with E-state index in [0.717, 1.165) is 25.8 Å². The maximum absolute atomic E-state index is 12.2. The van der Waals surface area contributed by atoms with Crippen molar-refractivity contribution in [2.24, 2.45) is 28.1 Å². The van der Waals surface area contributed by atoms with Gasteiger partial charge in [0.25, 0.3) is 0 Å². The molecule has 0 saturated carbocycles. The van der Waals surface area contributed by atoms with Crippen LogP contribution in [0, 0.1) is 5.92 Å². The zero-order chi connectivity index (χ0) is 15.0. The smallest absolute Gasteiger partial charge is 0.239 e. The first kappa shape index (κ1) is 16.7. The molecule has 0 bridgehead atoms. The van der Waals surface area contributed by atoms with Gasteiger partial charge in [0.05, 0.1) is 6.04 Å². The van der Waals surface area contributed by atoms with E-state index in [1.165, 1.54) is 0 Å². The van der Waals surface area contributed by atoms with Crippen LogP contribution in [-0.4, -0.2) is 54.2 Å². The standard InChI is InChI=1S/C13H27N5O2/c14-11(4-1-6-17-13(15)16)12(20)18-7-2-3-10(9-18)5-8-19/h10-11,19H,1-9,14H2,(H4,15,16,17)/t10-,11+/m1/s1. The van der Waals surface area contributed by atoms with Crippen LogP contribution in [0.1, 0.15) is 32.1 Å². The summed E-state index contributed by atoms with van der Waals surface area (Å²) in [6.45, 7) is 2.15. The zero-order valence-electron chi connectivity index (χ0n) is 12.0. The number of carbonyl (C=O) groups is 1.